The van der Waals surface area contributed by atoms with Crippen molar-refractivity contribution < 1.29 is 19.0 Å². The number of thiazole rings is 1. The van der Waals surface area contributed by atoms with Gasteiger partial charge in [0, 0.05) is 11.1 Å². The summed E-state index contributed by atoms with van der Waals surface area (Å²) in [5, 5.41) is 0.540. The molecule has 1 amide bonds. The summed E-state index contributed by atoms with van der Waals surface area (Å²) in [5.74, 6) is 2.15. The van der Waals surface area contributed by atoms with Gasteiger partial charge in [0.25, 0.3) is 0 Å². The number of anilines is 1. The third kappa shape index (κ3) is 2.91. The van der Waals surface area contributed by atoms with E-state index in [9.17, 15) is 4.79 Å². The molecular weight excluding hydrogens is 348 g/mol. The number of ether oxygens (including phenoxy) is 3. The molecule has 2 aromatic rings. The van der Waals surface area contributed by atoms with Crippen LogP contribution < -0.4 is 19.1 Å². The van der Waals surface area contributed by atoms with E-state index in [2.05, 4.69) is 4.98 Å². The van der Waals surface area contributed by atoms with Crippen molar-refractivity contribution in [1.29, 1.82) is 0 Å². The molecule has 0 radical (unpaired) electrons. The van der Waals surface area contributed by atoms with E-state index in [0.29, 0.717) is 28.1 Å². The van der Waals surface area contributed by atoms with Crippen LogP contribution in [-0.2, 0) is 4.79 Å². The molecule has 1 fully saturated rings. The van der Waals surface area contributed by atoms with Gasteiger partial charge in [0.1, 0.15) is 5.37 Å². The molecule has 24 heavy (non-hydrogen) atoms. The Labute approximate surface area is 148 Å². The lowest BCUT2D eigenvalue weighted by molar-refractivity contribution is -0.115. The fourth-order valence-corrected chi connectivity index (χ4v) is 4.58. The molecule has 1 atom stereocenters. The van der Waals surface area contributed by atoms with E-state index in [1.807, 2.05) is 19.1 Å². The zero-order valence-electron chi connectivity index (χ0n) is 13.9. The van der Waals surface area contributed by atoms with E-state index < -0.39 is 0 Å². The number of nitrogens with zero attached hydrogens (tertiary/aromatic N) is 2. The lowest BCUT2D eigenvalue weighted by Crippen LogP contribution is -2.27. The van der Waals surface area contributed by atoms with Gasteiger partial charge in [0.05, 0.1) is 27.1 Å². The number of thioether (sulfide) groups is 1. The van der Waals surface area contributed by atoms with Crippen LogP contribution in [0.3, 0.4) is 0 Å². The van der Waals surface area contributed by atoms with Crippen molar-refractivity contribution >= 4 is 34.1 Å². The smallest absolute Gasteiger partial charge is 0.240 e. The molecule has 1 aliphatic heterocycles. The average molecular weight is 366 g/mol. The summed E-state index contributed by atoms with van der Waals surface area (Å²) in [6.07, 6.45) is 1.78. The summed E-state index contributed by atoms with van der Waals surface area (Å²) in [6.45, 7) is 1.98. The topological polar surface area (TPSA) is 60.9 Å². The molecule has 1 aliphatic rings. The first kappa shape index (κ1) is 16.9. The third-order valence-corrected chi connectivity index (χ3v) is 5.78. The van der Waals surface area contributed by atoms with Gasteiger partial charge in [-0.1, -0.05) is 0 Å². The van der Waals surface area contributed by atoms with E-state index in [1.165, 1.54) is 11.3 Å². The van der Waals surface area contributed by atoms with Crippen molar-refractivity contribution in [3.05, 3.63) is 28.8 Å². The van der Waals surface area contributed by atoms with Gasteiger partial charge in [0.15, 0.2) is 16.6 Å². The molecule has 1 unspecified atom stereocenters. The van der Waals surface area contributed by atoms with Crippen LogP contribution >= 0.6 is 23.1 Å². The quantitative estimate of drug-likeness (QED) is 0.809. The summed E-state index contributed by atoms with van der Waals surface area (Å²) in [6, 6.07) is 3.76. The van der Waals surface area contributed by atoms with Gasteiger partial charge in [-0.2, -0.15) is 0 Å². The van der Waals surface area contributed by atoms with Crippen molar-refractivity contribution in [2.75, 3.05) is 32.0 Å². The van der Waals surface area contributed by atoms with Crippen molar-refractivity contribution in [2.24, 2.45) is 0 Å². The molecule has 0 N–H and O–H groups in total. The number of methoxy groups -OCH3 is 3. The first-order valence-electron chi connectivity index (χ1n) is 7.25. The summed E-state index contributed by atoms with van der Waals surface area (Å²) in [4.78, 5) is 19.6. The monoisotopic (exact) mass is 366 g/mol. The van der Waals surface area contributed by atoms with Crippen LogP contribution in [0, 0.1) is 6.92 Å². The molecule has 1 aromatic carbocycles. The van der Waals surface area contributed by atoms with Crippen molar-refractivity contribution in [3.8, 4) is 17.2 Å². The maximum atomic E-state index is 12.4. The van der Waals surface area contributed by atoms with E-state index >= 15 is 0 Å². The minimum absolute atomic E-state index is 0.0492. The normalized spacial score (nSPS) is 17.2. The Morgan fingerprint density at radius 2 is 1.83 bits per heavy atom. The number of amides is 1. The van der Waals surface area contributed by atoms with Gasteiger partial charge >= 0.3 is 0 Å². The highest BCUT2D eigenvalue weighted by atomic mass is 32.2. The lowest BCUT2D eigenvalue weighted by Gasteiger charge is -2.23. The minimum atomic E-state index is -0.170. The zero-order valence-corrected chi connectivity index (χ0v) is 15.5. The summed E-state index contributed by atoms with van der Waals surface area (Å²) < 4.78 is 16.2. The third-order valence-electron chi connectivity index (χ3n) is 3.66. The standard InChI is InChI=1S/C16H18N2O4S2/c1-9-7-17-16(24-9)18-13(19)8-23-15(18)10-5-11(20-2)14(22-4)12(6-10)21-3/h5-7,15H,8H2,1-4H3. The molecule has 1 aromatic heterocycles. The Balaban J connectivity index is 2.05. The highest BCUT2D eigenvalue weighted by Gasteiger charge is 2.36. The number of aryl methyl sites for hydroxylation is 1. The Morgan fingerprint density at radius 1 is 1.17 bits per heavy atom. The maximum Gasteiger partial charge on any atom is 0.240 e. The molecule has 3 rings (SSSR count). The lowest BCUT2D eigenvalue weighted by atomic mass is 10.1. The predicted octanol–water partition coefficient (Wildman–Crippen LogP) is 3.26. The van der Waals surface area contributed by atoms with Crippen LogP contribution in [-0.4, -0.2) is 38.0 Å². The maximum absolute atomic E-state index is 12.4. The van der Waals surface area contributed by atoms with Crippen LogP contribution in [0.1, 0.15) is 15.8 Å². The van der Waals surface area contributed by atoms with Gasteiger partial charge in [-0.25, -0.2) is 4.98 Å². The van der Waals surface area contributed by atoms with Crippen LogP contribution in [0.15, 0.2) is 18.3 Å². The molecule has 8 heteroatoms. The first-order chi connectivity index (χ1) is 11.6. The number of hydrogen-bond acceptors (Lipinski definition) is 7. The highest BCUT2D eigenvalue weighted by Crippen LogP contribution is 2.47. The second kappa shape index (κ2) is 6.90. The van der Waals surface area contributed by atoms with Gasteiger partial charge < -0.3 is 14.2 Å². The number of rotatable bonds is 5. The first-order valence-corrected chi connectivity index (χ1v) is 9.11. The molecule has 0 spiro atoms. The van der Waals surface area contributed by atoms with Crippen LogP contribution in [0.4, 0.5) is 5.13 Å². The minimum Gasteiger partial charge on any atom is -0.493 e. The number of benzene rings is 1. The molecule has 2 heterocycles. The molecule has 0 saturated carbocycles. The Morgan fingerprint density at radius 3 is 2.33 bits per heavy atom. The van der Waals surface area contributed by atoms with E-state index in [1.54, 1.807) is 44.2 Å². The second-order valence-corrected chi connectivity index (χ2v) is 7.42. The Kier molecular flexibility index (Phi) is 4.86. The predicted molar refractivity (Wildman–Crippen MR) is 95.6 cm³/mol. The van der Waals surface area contributed by atoms with Gasteiger partial charge in [-0.05, 0) is 24.6 Å². The Hall–Kier alpha value is -1.93. The number of aromatic nitrogens is 1. The fourth-order valence-electron chi connectivity index (χ4n) is 2.58. The summed E-state index contributed by atoms with van der Waals surface area (Å²) >= 11 is 3.07. The van der Waals surface area contributed by atoms with Crippen LogP contribution in [0.5, 0.6) is 17.2 Å². The fraction of sp³-hybridized carbons (Fsp3) is 0.375. The number of hydrogen-bond donors (Lipinski definition) is 0. The average Bonchev–Trinajstić information content (AvgIpc) is 3.18. The van der Waals surface area contributed by atoms with Crippen LogP contribution in [0.25, 0.3) is 0 Å². The summed E-state index contributed by atoms with van der Waals surface area (Å²) in [5.41, 5.74) is 0.910. The SMILES string of the molecule is COc1cc(C2SCC(=O)N2c2ncc(C)s2)cc(OC)c1OC. The van der Waals surface area contributed by atoms with Gasteiger partial charge in [0.2, 0.25) is 11.7 Å². The second-order valence-electron chi connectivity index (χ2n) is 5.14. The van der Waals surface area contributed by atoms with Crippen molar-refractivity contribution in [1.82, 2.24) is 4.98 Å². The van der Waals surface area contributed by atoms with E-state index in [0.717, 1.165) is 10.4 Å². The van der Waals surface area contributed by atoms with Crippen LogP contribution in [0.2, 0.25) is 0 Å². The van der Waals surface area contributed by atoms with Gasteiger partial charge in [-0.15, -0.1) is 23.1 Å². The molecule has 1 saturated heterocycles. The molecule has 128 valence electrons. The van der Waals surface area contributed by atoms with Gasteiger partial charge in [-0.3, -0.25) is 9.69 Å². The highest BCUT2D eigenvalue weighted by molar-refractivity contribution is 8.00. The molecular formula is C16H18N2O4S2. The van der Waals surface area contributed by atoms with Crippen molar-refractivity contribution in [3.63, 3.8) is 0 Å². The van der Waals surface area contributed by atoms with E-state index in [4.69, 9.17) is 14.2 Å². The van der Waals surface area contributed by atoms with E-state index in [-0.39, 0.29) is 11.3 Å². The Bertz CT molecular complexity index is 737. The van der Waals surface area contributed by atoms with Crippen molar-refractivity contribution in [2.45, 2.75) is 12.3 Å². The summed E-state index contributed by atoms with van der Waals surface area (Å²) in [7, 11) is 4.73. The zero-order chi connectivity index (χ0) is 17.3. The molecule has 6 nitrogen and oxygen atoms in total. The molecule has 0 aliphatic carbocycles. The molecule has 0 bridgehead atoms. The largest absolute Gasteiger partial charge is 0.493 e. The number of carbonyl (C=O) groups is 1. The number of carbonyl (C=O) groups excluding carboxylic acids is 1.